The second-order valence-electron chi connectivity index (χ2n) is 4.54. The van der Waals surface area contributed by atoms with Crippen LogP contribution in [-0.4, -0.2) is 18.8 Å². The lowest BCUT2D eigenvalue weighted by atomic mass is 9.85. The molecule has 0 aliphatic heterocycles. The van der Waals surface area contributed by atoms with Crippen LogP contribution in [0.5, 0.6) is 0 Å². The lowest BCUT2D eigenvalue weighted by Gasteiger charge is -2.36. The number of methoxy groups -OCH3 is 1. The Labute approximate surface area is 117 Å². The molecule has 0 bridgehead atoms. The summed E-state index contributed by atoms with van der Waals surface area (Å²) in [6, 6.07) is 4.90. The van der Waals surface area contributed by atoms with Crippen LogP contribution in [0.25, 0.3) is 0 Å². The van der Waals surface area contributed by atoms with Crippen molar-refractivity contribution in [1.29, 1.82) is 0 Å². The van der Waals surface area contributed by atoms with Gasteiger partial charge in [0.1, 0.15) is 5.82 Å². The maximum atomic E-state index is 13.2. The molecule has 0 aliphatic carbocycles. The second-order valence-corrected chi connectivity index (χ2v) is 5.39. The van der Waals surface area contributed by atoms with Crippen LogP contribution >= 0.6 is 15.9 Å². The number of nitrogens with two attached hydrogens (primary N) is 1. The van der Waals surface area contributed by atoms with Gasteiger partial charge in [0.2, 0.25) is 0 Å². The van der Waals surface area contributed by atoms with E-state index in [0.29, 0.717) is 10.9 Å². The standard InChI is InChI=1S/C14H21BrFNO/c1-4-14(5-2,18-3)13(17)9-10-6-7-12(16)11(15)8-10/h6-8,13H,4-5,9,17H2,1-3H3. The maximum Gasteiger partial charge on any atom is 0.137 e. The molecule has 0 saturated carbocycles. The number of hydrogen-bond acceptors (Lipinski definition) is 2. The summed E-state index contributed by atoms with van der Waals surface area (Å²) in [5.41, 5.74) is 6.98. The fourth-order valence-corrected chi connectivity index (χ4v) is 2.75. The molecular formula is C14H21BrFNO. The van der Waals surface area contributed by atoms with E-state index in [2.05, 4.69) is 29.8 Å². The molecule has 1 unspecified atom stereocenters. The summed E-state index contributed by atoms with van der Waals surface area (Å²) in [7, 11) is 1.70. The smallest absolute Gasteiger partial charge is 0.137 e. The minimum Gasteiger partial charge on any atom is -0.377 e. The third kappa shape index (κ3) is 3.31. The average Bonchev–Trinajstić information content (AvgIpc) is 2.37. The Kier molecular flexibility index (Phi) is 5.76. The third-order valence-electron chi connectivity index (χ3n) is 3.72. The van der Waals surface area contributed by atoms with Crippen LogP contribution in [0.4, 0.5) is 4.39 Å². The van der Waals surface area contributed by atoms with E-state index in [1.807, 2.05) is 0 Å². The molecule has 0 fully saturated rings. The van der Waals surface area contributed by atoms with Crippen molar-refractivity contribution in [3.63, 3.8) is 0 Å². The van der Waals surface area contributed by atoms with Gasteiger partial charge in [0, 0.05) is 13.2 Å². The van der Waals surface area contributed by atoms with E-state index in [1.54, 1.807) is 19.2 Å². The Bertz CT molecular complexity index is 385. The van der Waals surface area contributed by atoms with Gasteiger partial charge in [0.05, 0.1) is 10.1 Å². The highest BCUT2D eigenvalue weighted by Gasteiger charge is 2.33. The van der Waals surface area contributed by atoms with E-state index < -0.39 is 0 Å². The molecule has 2 N–H and O–H groups in total. The number of benzene rings is 1. The molecular weight excluding hydrogens is 297 g/mol. The van der Waals surface area contributed by atoms with Gasteiger partial charge < -0.3 is 10.5 Å². The van der Waals surface area contributed by atoms with Crippen molar-refractivity contribution in [2.75, 3.05) is 7.11 Å². The quantitative estimate of drug-likeness (QED) is 0.869. The number of halogens is 2. The van der Waals surface area contributed by atoms with Crippen molar-refractivity contribution >= 4 is 15.9 Å². The molecule has 1 atom stereocenters. The van der Waals surface area contributed by atoms with Crippen LogP contribution in [0, 0.1) is 5.82 Å². The Morgan fingerprint density at radius 3 is 2.44 bits per heavy atom. The van der Waals surface area contributed by atoms with Crippen LogP contribution in [-0.2, 0) is 11.2 Å². The van der Waals surface area contributed by atoms with E-state index >= 15 is 0 Å². The highest BCUT2D eigenvalue weighted by Crippen LogP contribution is 2.26. The van der Waals surface area contributed by atoms with Crippen LogP contribution in [0.15, 0.2) is 22.7 Å². The van der Waals surface area contributed by atoms with Gasteiger partial charge in [0.15, 0.2) is 0 Å². The van der Waals surface area contributed by atoms with Crippen molar-refractivity contribution < 1.29 is 9.13 Å². The molecule has 0 saturated heterocycles. The fourth-order valence-electron chi connectivity index (χ4n) is 2.32. The van der Waals surface area contributed by atoms with Gasteiger partial charge >= 0.3 is 0 Å². The van der Waals surface area contributed by atoms with E-state index in [-0.39, 0.29) is 17.5 Å². The molecule has 0 radical (unpaired) electrons. The van der Waals surface area contributed by atoms with Gasteiger partial charge in [-0.05, 0) is 52.9 Å². The van der Waals surface area contributed by atoms with Crippen molar-refractivity contribution in [3.05, 3.63) is 34.1 Å². The SMILES string of the molecule is CCC(CC)(OC)C(N)Cc1ccc(F)c(Br)c1. The van der Waals surface area contributed by atoms with Crippen molar-refractivity contribution in [2.45, 2.75) is 44.8 Å². The highest BCUT2D eigenvalue weighted by molar-refractivity contribution is 9.10. The van der Waals surface area contributed by atoms with Gasteiger partial charge in [-0.15, -0.1) is 0 Å². The zero-order valence-corrected chi connectivity index (χ0v) is 12.8. The first-order chi connectivity index (χ1) is 8.49. The van der Waals surface area contributed by atoms with E-state index in [9.17, 15) is 4.39 Å². The van der Waals surface area contributed by atoms with Gasteiger partial charge in [-0.3, -0.25) is 0 Å². The van der Waals surface area contributed by atoms with Gasteiger partial charge in [-0.2, -0.15) is 0 Å². The summed E-state index contributed by atoms with van der Waals surface area (Å²) >= 11 is 3.19. The molecule has 0 aliphatic rings. The number of hydrogen-bond donors (Lipinski definition) is 1. The molecule has 2 nitrogen and oxygen atoms in total. The zero-order valence-electron chi connectivity index (χ0n) is 11.2. The first-order valence-corrected chi connectivity index (χ1v) is 7.03. The first kappa shape index (κ1) is 15.6. The minimum absolute atomic E-state index is 0.102. The summed E-state index contributed by atoms with van der Waals surface area (Å²) in [6.07, 6.45) is 2.40. The molecule has 0 spiro atoms. The highest BCUT2D eigenvalue weighted by atomic mass is 79.9. The van der Waals surface area contributed by atoms with Gasteiger partial charge in [-0.25, -0.2) is 4.39 Å². The van der Waals surface area contributed by atoms with Crippen LogP contribution in [0.1, 0.15) is 32.3 Å². The Morgan fingerprint density at radius 1 is 1.39 bits per heavy atom. The Morgan fingerprint density at radius 2 is 2.00 bits per heavy atom. The molecule has 18 heavy (non-hydrogen) atoms. The monoisotopic (exact) mass is 317 g/mol. The Hall–Kier alpha value is -0.450. The molecule has 0 aromatic heterocycles. The summed E-state index contributed by atoms with van der Waals surface area (Å²) in [5.74, 6) is -0.253. The normalized spacial score (nSPS) is 13.7. The third-order valence-corrected chi connectivity index (χ3v) is 4.33. The molecule has 0 amide bonds. The van der Waals surface area contributed by atoms with Crippen molar-refractivity contribution in [1.82, 2.24) is 0 Å². The first-order valence-electron chi connectivity index (χ1n) is 6.23. The van der Waals surface area contributed by atoms with E-state index in [4.69, 9.17) is 10.5 Å². The topological polar surface area (TPSA) is 35.2 Å². The van der Waals surface area contributed by atoms with Crippen LogP contribution in [0.2, 0.25) is 0 Å². The van der Waals surface area contributed by atoms with Gasteiger partial charge in [-0.1, -0.05) is 19.9 Å². The lowest BCUT2D eigenvalue weighted by molar-refractivity contribution is -0.0374. The average molecular weight is 318 g/mol. The molecule has 1 rings (SSSR count). The van der Waals surface area contributed by atoms with Crippen molar-refractivity contribution in [3.8, 4) is 0 Å². The second kappa shape index (κ2) is 6.64. The van der Waals surface area contributed by atoms with Crippen molar-refractivity contribution in [2.24, 2.45) is 5.73 Å². The predicted molar refractivity (Wildman–Crippen MR) is 76.1 cm³/mol. The summed E-state index contributed by atoms with van der Waals surface area (Å²) in [6.45, 7) is 4.15. The van der Waals surface area contributed by atoms with Gasteiger partial charge in [0.25, 0.3) is 0 Å². The lowest BCUT2D eigenvalue weighted by Crippen LogP contribution is -2.50. The zero-order chi connectivity index (χ0) is 13.8. The molecule has 102 valence electrons. The van der Waals surface area contributed by atoms with Crippen LogP contribution in [0.3, 0.4) is 0 Å². The fraction of sp³-hybridized carbons (Fsp3) is 0.571. The summed E-state index contributed by atoms with van der Waals surface area (Å²) < 4.78 is 19.3. The summed E-state index contributed by atoms with van der Waals surface area (Å²) in [5, 5.41) is 0. The predicted octanol–water partition coefficient (Wildman–Crippen LogP) is 3.66. The van der Waals surface area contributed by atoms with Crippen LogP contribution < -0.4 is 5.73 Å². The number of rotatable bonds is 6. The Balaban J connectivity index is 2.85. The molecule has 4 heteroatoms. The molecule has 1 aromatic rings. The molecule has 0 heterocycles. The number of ether oxygens (including phenoxy) is 1. The minimum atomic E-state index is -0.305. The van der Waals surface area contributed by atoms with E-state index in [1.165, 1.54) is 6.07 Å². The molecule has 1 aromatic carbocycles. The largest absolute Gasteiger partial charge is 0.377 e. The summed E-state index contributed by atoms with van der Waals surface area (Å²) in [4.78, 5) is 0. The maximum absolute atomic E-state index is 13.2. The van der Waals surface area contributed by atoms with E-state index in [0.717, 1.165) is 18.4 Å².